The molecule has 5 nitrogen and oxygen atoms in total. The van der Waals surface area contributed by atoms with Crippen LogP contribution in [-0.2, 0) is 13.1 Å². The Morgan fingerprint density at radius 3 is 2.76 bits per heavy atom. The van der Waals surface area contributed by atoms with E-state index in [2.05, 4.69) is 57.5 Å². The van der Waals surface area contributed by atoms with Crippen molar-refractivity contribution in [1.29, 1.82) is 0 Å². The molecule has 0 unspecified atom stereocenters. The van der Waals surface area contributed by atoms with Crippen molar-refractivity contribution in [2.45, 2.75) is 26.9 Å². The van der Waals surface area contributed by atoms with Crippen LogP contribution in [0, 0.1) is 6.92 Å². The van der Waals surface area contributed by atoms with Crippen molar-refractivity contribution in [3.63, 3.8) is 0 Å². The van der Waals surface area contributed by atoms with Gasteiger partial charge in [-0.05, 0) is 37.6 Å². The van der Waals surface area contributed by atoms with Gasteiger partial charge < -0.3 is 15.2 Å². The lowest BCUT2D eigenvalue weighted by Gasteiger charge is -2.12. The first-order valence-electron chi connectivity index (χ1n) is 7.33. The van der Waals surface area contributed by atoms with E-state index in [1.807, 2.05) is 24.4 Å². The van der Waals surface area contributed by atoms with Gasteiger partial charge in [-0.1, -0.05) is 6.07 Å². The Morgan fingerprint density at radius 2 is 2.05 bits per heavy atom. The van der Waals surface area contributed by atoms with Gasteiger partial charge >= 0.3 is 0 Å². The second-order valence-electron chi connectivity index (χ2n) is 4.81. The van der Waals surface area contributed by atoms with Gasteiger partial charge in [-0.15, -0.1) is 0 Å². The summed E-state index contributed by atoms with van der Waals surface area (Å²) in [6.45, 7) is 7.31. The van der Waals surface area contributed by atoms with E-state index in [4.69, 9.17) is 0 Å². The van der Waals surface area contributed by atoms with Crippen LogP contribution in [0.15, 0.2) is 47.8 Å². The Bertz CT molecular complexity index is 560. The monoisotopic (exact) mass is 285 g/mol. The zero-order valence-electron chi connectivity index (χ0n) is 12.7. The Morgan fingerprint density at radius 1 is 1.24 bits per heavy atom. The van der Waals surface area contributed by atoms with E-state index in [0.717, 1.165) is 31.3 Å². The van der Waals surface area contributed by atoms with Crippen LogP contribution in [0.25, 0.3) is 0 Å². The molecule has 0 atom stereocenters. The lowest BCUT2D eigenvalue weighted by Crippen LogP contribution is -2.38. The van der Waals surface area contributed by atoms with E-state index in [1.165, 1.54) is 5.56 Å². The van der Waals surface area contributed by atoms with Gasteiger partial charge in [0.1, 0.15) is 0 Å². The molecule has 0 saturated heterocycles. The van der Waals surface area contributed by atoms with Crippen molar-refractivity contribution in [1.82, 2.24) is 20.2 Å². The lowest BCUT2D eigenvalue weighted by molar-refractivity contribution is 0.665. The van der Waals surface area contributed by atoms with Crippen LogP contribution in [0.1, 0.15) is 18.2 Å². The van der Waals surface area contributed by atoms with Crippen LogP contribution in [-0.4, -0.2) is 28.6 Å². The number of hydrogen-bond donors (Lipinski definition) is 2. The Labute approximate surface area is 126 Å². The molecule has 112 valence electrons. The predicted octanol–water partition coefficient (Wildman–Crippen LogP) is 1.95. The normalized spacial score (nSPS) is 11.4. The molecule has 0 aliphatic rings. The number of aryl methyl sites for hydroxylation is 1. The van der Waals surface area contributed by atoms with Crippen LogP contribution < -0.4 is 10.6 Å². The second kappa shape index (κ2) is 8.09. The maximum atomic E-state index is 4.59. The number of nitrogens with one attached hydrogen (secondary N) is 2. The van der Waals surface area contributed by atoms with Gasteiger partial charge in [0.2, 0.25) is 0 Å². The fraction of sp³-hybridized carbons (Fsp3) is 0.375. The lowest BCUT2D eigenvalue weighted by atomic mass is 10.2. The topological polar surface area (TPSA) is 54.2 Å². The minimum atomic E-state index is 0.589. The molecule has 0 bridgehead atoms. The molecule has 0 saturated carbocycles. The third kappa shape index (κ3) is 4.95. The maximum Gasteiger partial charge on any atom is 0.191 e. The fourth-order valence-electron chi connectivity index (χ4n) is 2.00. The second-order valence-corrected chi connectivity index (χ2v) is 4.81. The number of rotatable bonds is 6. The van der Waals surface area contributed by atoms with E-state index in [9.17, 15) is 0 Å². The van der Waals surface area contributed by atoms with Crippen molar-refractivity contribution >= 4 is 5.96 Å². The highest BCUT2D eigenvalue weighted by Crippen LogP contribution is 2.04. The average molecular weight is 285 g/mol. The van der Waals surface area contributed by atoms with E-state index in [0.29, 0.717) is 6.54 Å². The van der Waals surface area contributed by atoms with Crippen LogP contribution >= 0.6 is 0 Å². The summed E-state index contributed by atoms with van der Waals surface area (Å²) in [5.41, 5.74) is 2.18. The fourth-order valence-corrected chi connectivity index (χ4v) is 2.00. The SMILES string of the molecule is CCNC(=NCc1ncccc1C)NCCn1cccc1. The Kier molecular flexibility index (Phi) is 5.82. The highest BCUT2D eigenvalue weighted by atomic mass is 15.2. The standard InChI is InChI=1S/C16H23N5/c1-3-17-16(19-9-12-21-10-4-5-11-21)20-13-15-14(2)7-6-8-18-15/h4-8,10-11H,3,9,12-13H2,1-2H3,(H2,17,19,20). The van der Waals surface area contributed by atoms with Crippen molar-refractivity contribution in [3.05, 3.63) is 54.1 Å². The van der Waals surface area contributed by atoms with Gasteiger partial charge in [-0.2, -0.15) is 0 Å². The first kappa shape index (κ1) is 15.1. The number of guanidine groups is 1. The number of aromatic nitrogens is 2. The van der Waals surface area contributed by atoms with Gasteiger partial charge in [-0.25, -0.2) is 4.99 Å². The quantitative estimate of drug-likeness (QED) is 0.630. The summed E-state index contributed by atoms with van der Waals surface area (Å²) in [4.78, 5) is 8.95. The van der Waals surface area contributed by atoms with Crippen LogP contribution in [0.4, 0.5) is 0 Å². The zero-order valence-corrected chi connectivity index (χ0v) is 12.7. The summed E-state index contributed by atoms with van der Waals surface area (Å²) in [5, 5.41) is 6.59. The molecule has 2 rings (SSSR count). The molecular formula is C16H23N5. The third-order valence-electron chi connectivity index (χ3n) is 3.18. The number of hydrogen-bond acceptors (Lipinski definition) is 2. The number of aliphatic imine (C=N–C) groups is 1. The summed E-state index contributed by atoms with van der Waals surface area (Å²) in [6.07, 6.45) is 5.93. The molecule has 0 radical (unpaired) electrons. The predicted molar refractivity (Wildman–Crippen MR) is 86.2 cm³/mol. The molecule has 0 aliphatic carbocycles. The maximum absolute atomic E-state index is 4.59. The first-order valence-corrected chi connectivity index (χ1v) is 7.33. The van der Waals surface area contributed by atoms with Gasteiger partial charge in [0.05, 0.1) is 12.2 Å². The van der Waals surface area contributed by atoms with Gasteiger partial charge in [-0.3, -0.25) is 4.98 Å². The molecule has 2 heterocycles. The first-order chi connectivity index (χ1) is 10.3. The molecule has 2 N–H and O–H groups in total. The molecule has 0 spiro atoms. The smallest absolute Gasteiger partial charge is 0.191 e. The van der Waals surface area contributed by atoms with Crippen molar-refractivity contribution in [2.75, 3.05) is 13.1 Å². The summed E-state index contributed by atoms with van der Waals surface area (Å²) in [6, 6.07) is 8.07. The van der Waals surface area contributed by atoms with E-state index >= 15 is 0 Å². The molecular weight excluding hydrogens is 262 g/mol. The molecule has 21 heavy (non-hydrogen) atoms. The van der Waals surface area contributed by atoms with Crippen LogP contribution in [0.3, 0.4) is 0 Å². The molecule has 5 heteroatoms. The molecule has 0 fully saturated rings. The molecule has 2 aromatic rings. The third-order valence-corrected chi connectivity index (χ3v) is 3.18. The van der Waals surface area contributed by atoms with Crippen molar-refractivity contribution in [3.8, 4) is 0 Å². The number of nitrogens with zero attached hydrogens (tertiary/aromatic N) is 3. The molecule has 0 aliphatic heterocycles. The summed E-state index contributed by atoms with van der Waals surface area (Å²) in [7, 11) is 0. The van der Waals surface area contributed by atoms with Crippen molar-refractivity contribution < 1.29 is 0 Å². The van der Waals surface area contributed by atoms with E-state index < -0.39 is 0 Å². The van der Waals surface area contributed by atoms with Crippen LogP contribution in [0.2, 0.25) is 0 Å². The summed E-state index contributed by atoms with van der Waals surface area (Å²) >= 11 is 0. The van der Waals surface area contributed by atoms with Crippen LogP contribution in [0.5, 0.6) is 0 Å². The molecule has 2 aromatic heterocycles. The molecule has 0 amide bonds. The Hall–Kier alpha value is -2.30. The molecule has 0 aromatic carbocycles. The highest BCUT2D eigenvalue weighted by Gasteiger charge is 2.00. The highest BCUT2D eigenvalue weighted by molar-refractivity contribution is 5.79. The van der Waals surface area contributed by atoms with Gasteiger partial charge in [0.15, 0.2) is 5.96 Å². The summed E-state index contributed by atoms with van der Waals surface area (Å²) in [5.74, 6) is 0.828. The number of pyridine rings is 1. The minimum Gasteiger partial charge on any atom is -0.357 e. The van der Waals surface area contributed by atoms with Gasteiger partial charge in [0, 0.05) is 38.2 Å². The van der Waals surface area contributed by atoms with E-state index in [-0.39, 0.29) is 0 Å². The largest absolute Gasteiger partial charge is 0.357 e. The van der Waals surface area contributed by atoms with Crippen molar-refractivity contribution in [2.24, 2.45) is 4.99 Å². The minimum absolute atomic E-state index is 0.589. The zero-order chi connectivity index (χ0) is 14.9. The average Bonchev–Trinajstić information content (AvgIpc) is 2.99. The van der Waals surface area contributed by atoms with Gasteiger partial charge in [0.25, 0.3) is 0 Å². The summed E-state index contributed by atoms with van der Waals surface area (Å²) < 4.78 is 2.14. The van der Waals surface area contributed by atoms with E-state index in [1.54, 1.807) is 0 Å². The Balaban J connectivity index is 1.88.